The van der Waals surface area contributed by atoms with Gasteiger partial charge in [0.2, 0.25) is 0 Å². The van der Waals surface area contributed by atoms with Gasteiger partial charge in [0.1, 0.15) is 43.2 Å². The lowest BCUT2D eigenvalue weighted by molar-refractivity contribution is -0.366. The van der Waals surface area contributed by atoms with E-state index in [2.05, 4.69) is 13.6 Å². The molecule has 22 heteroatoms. The third-order valence-corrected chi connectivity index (χ3v) is 8.86. The minimum atomic E-state index is -6.13. The molecule has 0 heterocycles. The summed E-state index contributed by atoms with van der Waals surface area (Å²) in [5, 5.41) is 31.0. The number of rotatable bonds is 24. The van der Waals surface area contributed by atoms with Crippen molar-refractivity contribution in [1.29, 1.82) is 0 Å². The van der Waals surface area contributed by atoms with Gasteiger partial charge in [0.05, 0.1) is 22.3 Å². The van der Waals surface area contributed by atoms with Gasteiger partial charge in [-0.1, -0.05) is 65.2 Å². The second-order valence-electron chi connectivity index (χ2n) is 10.9. The second kappa shape index (κ2) is 21.4. The van der Waals surface area contributed by atoms with Gasteiger partial charge in [0.15, 0.2) is 6.10 Å². The highest BCUT2D eigenvalue weighted by Crippen LogP contribution is 2.46. The van der Waals surface area contributed by atoms with Gasteiger partial charge >= 0.3 is 11.9 Å². The van der Waals surface area contributed by atoms with E-state index < -0.39 is 91.3 Å². The average Bonchev–Trinajstić information content (AvgIpc) is 2.96. The van der Waals surface area contributed by atoms with Crippen molar-refractivity contribution in [1.82, 2.24) is 0 Å². The summed E-state index contributed by atoms with van der Waals surface area (Å²) in [5.74, 6) is -1.41. The molecule has 19 nitrogen and oxygen atoms in total. The second-order valence-corrected chi connectivity index (χ2v) is 14.5. The molecule has 278 valence electrons. The largest absolute Gasteiger partial charge is 0.790 e. The Balaban J connectivity index is 2.98. The fraction of sp³-hybridized carbons (Fsp3) is 0.920. The van der Waals surface area contributed by atoms with Crippen LogP contribution in [0.25, 0.3) is 0 Å². The lowest BCUT2D eigenvalue weighted by Gasteiger charge is -2.50. The number of hydrogen-bond acceptors (Lipinski definition) is 19. The highest BCUT2D eigenvalue weighted by Gasteiger charge is 2.53. The normalized spacial score (nSPS) is 25.6. The maximum Gasteiger partial charge on any atom is 0.306 e. The summed E-state index contributed by atoms with van der Waals surface area (Å²) in [6.45, 7) is 2.41. The van der Waals surface area contributed by atoms with Crippen molar-refractivity contribution in [2.75, 3.05) is 13.2 Å². The molecule has 47 heavy (non-hydrogen) atoms. The minimum Gasteiger partial charge on any atom is -0.790 e. The quantitative estimate of drug-likeness (QED) is 0.0579. The molecule has 0 radical (unpaired) electrons. The van der Waals surface area contributed by atoms with E-state index >= 15 is 0 Å². The van der Waals surface area contributed by atoms with Crippen molar-refractivity contribution in [3.8, 4) is 0 Å². The molecule has 1 saturated carbocycles. The summed E-state index contributed by atoms with van der Waals surface area (Å²) >= 11 is 0. The van der Waals surface area contributed by atoms with Crippen LogP contribution in [0.2, 0.25) is 0 Å². The molecule has 0 aliphatic heterocycles. The zero-order valence-electron chi connectivity index (χ0n) is 26.2. The van der Waals surface area contributed by atoms with Gasteiger partial charge in [-0.15, -0.1) is 0 Å². The fourth-order valence-corrected chi connectivity index (χ4v) is 6.60. The summed E-state index contributed by atoms with van der Waals surface area (Å²) in [6, 6.07) is 0. The number of carbonyl (C=O) groups is 2. The van der Waals surface area contributed by atoms with Crippen LogP contribution >= 0.6 is 23.5 Å². The van der Waals surface area contributed by atoms with E-state index in [4.69, 9.17) is 14.0 Å². The van der Waals surface area contributed by atoms with Gasteiger partial charge in [0, 0.05) is 12.8 Å². The first kappa shape index (κ1) is 44.2. The van der Waals surface area contributed by atoms with E-state index in [0.29, 0.717) is 12.8 Å². The van der Waals surface area contributed by atoms with Crippen molar-refractivity contribution in [2.45, 2.75) is 134 Å². The van der Waals surface area contributed by atoms with E-state index in [1.54, 1.807) is 0 Å². The van der Waals surface area contributed by atoms with Gasteiger partial charge in [0.25, 0.3) is 7.82 Å². The summed E-state index contributed by atoms with van der Waals surface area (Å²) < 4.78 is 62.5. The maximum absolute atomic E-state index is 12.7. The summed E-state index contributed by atoms with van der Waals surface area (Å²) in [6.07, 6.45) is -9.23. The molecule has 1 aliphatic carbocycles. The SMILES string of the molecule is CCCCCCCC(=O)OC[C@H](COP(=O)([O-])O[C@@H]1[C@H](O)[C@H](O)[C@@H](OP(=O)([O-])[O-])[C@H](OP(=O)([O-])[O-])[C@H]1O)OC(=O)CCCCCCC. The molecule has 8 atom stereocenters. The summed E-state index contributed by atoms with van der Waals surface area (Å²) in [4.78, 5) is 81.7. The number of phosphoric ester groups is 3. The smallest absolute Gasteiger partial charge is 0.306 e. The van der Waals surface area contributed by atoms with Crippen molar-refractivity contribution in [3.05, 3.63) is 0 Å². The van der Waals surface area contributed by atoms with Crippen LogP contribution < -0.4 is 24.5 Å². The van der Waals surface area contributed by atoms with Gasteiger partial charge < -0.3 is 76.5 Å². The van der Waals surface area contributed by atoms with Crippen LogP contribution in [-0.2, 0) is 50.9 Å². The lowest BCUT2D eigenvalue weighted by Crippen LogP contribution is -2.65. The van der Waals surface area contributed by atoms with E-state index in [-0.39, 0.29) is 12.8 Å². The Hall–Kier alpha value is -0.850. The topological polar surface area (TPSA) is 317 Å². The average molecular weight is 742 g/mol. The predicted molar refractivity (Wildman–Crippen MR) is 149 cm³/mol. The fourth-order valence-electron chi connectivity index (χ4n) is 4.55. The third kappa shape index (κ3) is 18.6. The molecule has 1 rings (SSSR count). The first-order valence-corrected chi connectivity index (χ1v) is 19.6. The number of hydrogen-bond donors (Lipinski definition) is 3. The number of esters is 2. The van der Waals surface area contributed by atoms with Crippen LogP contribution in [0.3, 0.4) is 0 Å². The molecule has 0 aromatic rings. The number of aliphatic hydroxyl groups is 3. The van der Waals surface area contributed by atoms with Crippen LogP contribution in [-0.4, -0.2) is 83.2 Å². The number of carbonyl (C=O) groups excluding carboxylic acids is 2. The molecular formula is C25H44O19P3-5. The molecule has 0 amide bonds. The highest BCUT2D eigenvalue weighted by molar-refractivity contribution is 7.45. The standard InChI is InChI=1S/C25H49O19P3/c1-3-5-7-9-11-13-18(26)39-15-17(41-19(27)14-12-10-8-6-4-2)16-40-47(37,38)44-23-20(28)21(29)24(42-45(31,32)33)25(22(23)30)43-46(34,35)36/h17,20-25,28-30H,3-16H2,1-2H3,(H,37,38)(H2,31,32,33)(H2,34,35,36)/p-5/t17-,20-,21+,22+,23-,24-,25-/m1/s1. The Bertz CT molecular complexity index is 1080. The van der Waals surface area contributed by atoms with Crippen LogP contribution in [0.4, 0.5) is 0 Å². The van der Waals surface area contributed by atoms with Gasteiger partial charge in [-0.05, 0) is 12.8 Å². The molecular weight excluding hydrogens is 697 g/mol. The molecule has 0 aromatic heterocycles. The maximum atomic E-state index is 12.7. The lowest BCUT2D eigenvalue weighted by atomic mass is 9.85. The van der Waals surface area contributed by atoms with E-state index in [9.17, 15) is 63.1 Å². The summed E-state index contributed by atoms with van der Waals surface area (Å²) in [7, 11) is -17.9. The number of ether oxygens (including phenoxy) is 2. The Morgan fingerprint density at radius 3 is 1.55 bits per heavy atom. The highest BCUT2D eigenvalue weighted by atomic mass is 31.2. The van der Waals surface area contributed by atoms with Crippen molar-refractivity contribution < 1.29 is 90.6 Å². The first-order chi connectivity index (χ1) is 21.8. The molecule has 1 aliphatic rings. The predicted octanol–water partition coefficient (Wildman–Crippen LogP) is -1.44. The van der Waals surface area contributed by atoms with Gasteiger partial charge in [-0.25, -0.2) is 0 Å². The zero-order valence-corrected chi connectivity index (χ0v) is 28.8. The monoisotopic (exact) mass is 741 g/mol. The van der Waals surface area contributed by atoms with Crippen LogP contribution in [0.15, 0.2) is 0 Å². The van der Waals surface area contributed by atoms with Crippen molar-refractivity contribution in [2.24, 2.45) is 0 Å². The van der Waals surface area contributed by atoms with Crippen molar-refractivity contribution >= 4 is 35.4 Å². The Morgan fingerprint density at radius 1 is 0.617 bits per heavy atom. The van der Waals surface area contributed by atoms with Crippen LogP contribution in [0.5, 0.6) is 0 Å². The third-order valence-electron chi connectivity index (χ3n) is 6.89. The molecule has 1 fully saturated rings. The molecule has 0 spiro atoms. The van der Waals surface area contributed by atoms with Crippen LogP contribution in [0, 0.1) is 0 Å². The van der Waals surface area contributed by atoms with Crippen molar-refractivity contribution in [3.63, 3.8) is 0 Å². The molecule has 3 N–H and O–H groups in total. The zero-order chi connectivity index (χ0) is 35.8. The molecule has 0 bridgehead atoms. The first-order valence-electron chi connectivity index (χ1n) is 15.2. The van der Waals surface area contributed by atoms with E-state index in [1.807, 2.05) is 13.8 Å². The summed E-state index contributed by atoms with van der Waals surface area (Å²) in [5.41, 5.74) is 0. The number of unbranched alkanes of at least 4 members (excludes halogenated alkanes) is 8. The van der Waals surface area contributed by atoms with Crippen LogP contribution in [0.1, 0.15) is 90.9 Å². The van der Waals surface area contributed by atoms with Gasteiger partial charge in [-0.2, -0.15) is 0 Å². The Morgan fingerprint density at radius 2 is 1.06 bits per heavy atom. The molecule has 1 unspecified atom stereocenters. The Labute approximate surface area is 272 Å². The molecule has 0 saturated heterocycles. The minimum absolute atomic E-state index is 0.0387. The number of phosphoric acid groups is 3. The molecule has 0 aromatic carbocycles. The van der Waals surface area contributed by atoms with E-state index in [0.717, 1.165) is 51.4 Å². The van der Waals surface area contributed by atoms with Gasteiger partial charge in [-0.3, -0.25) is 14.2 Å². The number of aliphatic hydroxyl groups excluding tert-OH is 3. The Kier molecular flexibility index (Phi) is 20.1. The van der Waals surface area contributed by atoms with E-state index in [1.165, 1.54) is 0 Å².